The number of ether oxygens (including phenoxy) is 1. The van der Waals surface area contributed by atoms with Gasteiger partial charge in [0.05, 0.1) is 0 Å². The van der Waals surface area contributed by atoms with Crippen LogP contribution in [-0.4, -0.2) is 0 Å². The summed E-state index contributed by atoms with van der Waals surface area (Å²) in [4.78, 5) is 0. The number of rotatable bonds is 3. The van der Waals surface area contributed by atoms with Crippen molar-refractivity contribution in [1.29, 1.82) is 0 Å². The maximum atomic E-state index is 13.3. The standard InChI is InChI=1S/C13H9BrClFO/c14-11-7-10(15)6-5-9(11)8-17-13-4-2-1-3-12(13)16/h1-7H,8H2. The van der Waals surface area contributed by atoms with E-state index in [9.17, 15) is 4.39 Å². The summed E-state index contributed by atoms with van der Waals surface area (Å²) in [5.74, 6) is -0.119. The van der Waals surface area contributed by atoms with Crippen LogP contribution in [0.3, 0.4) is 0 Å². The van der Waals surface area contributed by atoms with Crippen LogP contribution < -0.4 is 4.74 Å². The van der Waals surface area contributed by atoms with Crippen LogP contribution in [0.5, 0.6) is 5.75 Å². The molecule has 0 fully saturated rings. The Hall–Kier alpha value is -1.06. The van der Waals surface area contributed by atoms with Gasteiger partial charge in [0.25, 0.3) is 0 Å². The average molecular weight is 316 g/mol. The molecule has 0 aliphatic rings. The van der Waals surface area contributed by atoms with E-state index in [1.165, 1.54) is 6.07 Å². The molecular formula is C13H9BrClFO. The molecule has 0 amide bonds. The van der Waals surface area contributed by atoms with Crippen LogP contribution in [0.1, 0.15) is 5.56 Å². The van der Waals surface area contributed by atoms with E-state index in [1.807, 2.05) is 6.07 Å². The Bertz CT molecular complexity index is 531. The van der Waals surface area contributed by atoms with E-state index in [1.54, 1.807) is 30.3 Å². The molecule has 0 spiro atoms. The number of hydrogen-bond acceptors (Lipinski definition) is 1. The molecule has 0 heterocycles. The normalized spacial score (nSPS) is 10.3. The zero-order valence-electron chi connectivity index (χ0n) is 8.79. The lowest BCUT2D eigenvalue weighted by atomic mass is 10.2. The van der Waals surface area contributed by atoms with E-state index >= 15 is 0 Å². The van der Waals surface area contributed by atoms with Crippen molar-refractivity contribution in [2.45, 2.75) is 6.61 Å². The molecule has 88 valence electrons. The van der Waals surface area contributed by atoms with Crippen LogP contribution in [0.2, 0.25) is 5.02 Å². The van der Waals surface area contributed by atoms with Gasteiger partial charge in [0, 0.05) is 15.1 Å². The van der Waals surface area contributed by atoms with Gasteiger partial charge in [-0.1, -0.05) is 45.7 Å². The van der Waals surface area contributed by atoms with Crippen LogP contribution in [0.15, 0.2) is 46.9 Å². The molecule has 0 atom stereocenters. The zero-order chi connectivity index (χ0) is 12.3. The summed E-state index contributed by atoms with van der Waals surface area (Å²) >= 11 is 9.21. The Morgan fingerprint density at radius 1 is 1.18 bits per heavy atom. The highest BCUT2D eigenvalue weighted by molar-refractivity contribution is 9.10. The summed E-state index contributed by atoms with van der Waals surface area (Å²) in [5, 5.41) is 0.645. The van der Waals surface area contributed by atoms with Gasteiger partial charge in [0.2, 0.25) is 0 Å². The third-order valence-corrected chi connectivity index (χ3v) is 3.21. The molecule has 1 nitrogen and oxygen atoms in total. The van der Waals surface area contributed by atoms with Crippen LogP contribution in [-0.2, 0) is 6.61 Å². The number of halogens is 3. The largest absolute Gasteiger partial charge is 0.486 e. The summed E-state index contributed by atoms with van der Waals surface area (Å²) in [6, 6.07) is 11.7. The second-order valence-electron chi connectivity index (χ2n) is 3.45. The minimum atomic E-state index is -0.363. The molecule has 0 saturated heterocycles. The third kappa shape index (κ3) is 3.20. The molecule has 0 N–H and O–H groups in total. The predicted octanol–water partition coefficient (Wildman–Crippen LogP) is 4.82. The van der Waals surface area contributed by atoms with Crippen molar-refractivity contribution in [2.75, 3.05) is 0 Å². The molecular weight excluding hydrogens is 306 g/mol. The summed E-state index contributed by atoms with van der Waals surface area (Å²) in [5.41, 5.74) is 0.914. The van der Waals surface area contributed by atoms with E-state index in [2.05, 4.69) is 15.9 Å². The zero-order valence-corrected chi connectivity index (χ0v) is 11.1. The Kier molecular flexibility index (Phi) is 4.02. The molecule has 2 aromatic carbocycles. The van der Waals surface area contributed by atoms with Crippen molar-refractivity contribution >= 4 is 27.5 Å². The maximum Gasteiger partial charge on any atom is 0.165 e. The summed E-state index contributed by atoms with van der Waals surface area (Å²) < 4.78 is 19.5. The smallest absolute Gasteiger partial charge is 0.165 e. The summed E-state index contributed by atoms with van der Waals surface area (Å²) in [6.07, 6.45) is 0. The first-order valence-corrected chi connectivity index (χ1v) is 6.15. The second kappa shape index (κ2) is 5.52. The molecule has 0 saturated carbocycles. The van der Waals surface area contributed by atoms with Gasteiger partial charge in [-0.15, -0.1) is 0 Å². The van der Waals surface area contributed by atoms with Crippen molar-refractivity contribution in [1.82, 2.24) is 0 Å². The maximum absolute atomic E-state index is 13.3. The van der Waals surface area contributed by atoms with Crippen LogP contribution >= 0.6 is 27.5 Å². The molecule has 0 bridgehead atoms. The molecule has 2 rings (SSSR count). The first-order valence-electron chi connectivity index (χ1n) is 4.98. The van der Waals surface area contributed by atoms with E-state index in [0.29, 0.717) is 11.6 Å². The third-order valence-electron chi connectivity index (χ3n) is 2.23. The highest BCUT2D eigenvalue weighted by Crippen LogP contribution is 2.24. The molecule has 17 heavy (non-hydrogen) atoms. The van der Waals surface area contributed by atoms with Crippen molar-refractivity contribution in [3.05, 3.63) is 63.3 Å². The first-order chi connectivity index (χ1) is 8.16. The highest BCUT2D eigenvalue weighted by Gasteiger charge is 2.04. The lowest BCUT2D eigenvalue weighted by Crippen LogP contribution is -1.98. The van der Waals surface area contributed by atoms with Crippen molar-refractivity contribution in [2.24, 2.45) is 0 Å². The van der Waals surface area contributed by atoms with Gasteiger partial charge in [-0.25, -0.2) is 4.39 Å². The van der Waals surface area contributed by atoms with E-state index in [0.717, 1.165) is 10.0 Å². The number of para-hydroxylation sites is 1. The van der Waals surface area contributed by atoms with Crippen molar-refractivity contribution in [3.8, 4) is 5.75 Å². The van der Waals surface area contributed by atoms with Gasteiger partial charge >= 0.3 is 0 Å². The summed E-state index contributed by atoms with van der Waals surface area (Å²) in [6.45, 7) is 0.290. The average Bonchev–Trinajstić information content (AvgIpc) is 2.30. The molecule has 0 radical (unpaired) electrons. The minimum absolute atomic E-state index is 0.245. The Labute approximate surface area is 112 Å². The van der Waals surface area contributed by atoms with Crippen LogP contribution in [0.25, 0.3) is 0 Å². The van der Waals surface area contributed by atoms with Gasteiger partial charge in [-0.2, -0.15) is 0 Å². The van der Waals surface area contributed by atoms with Gasteiger partial charge in [-0.05, 0) is 24.3 Å². The fourth-order valence-corrected chi connectivity index (χ4v) is 2.15. The number of benzene rings is 2. The van der Waals surface area contributed by atoms with Crippen molar-refractivity contribution in [3.63, 3.8) is 0 Å². The quantitative estimate of drug-likeness (QED) is 0.789. The van der Waals surface area contributed by atoms with Gasteiger partial charge in [0.1, 0.15) is 6.61 Å². The highest BCUT2D eigenvalue weighted by atomic mass is 79.9. The van der Waals surface area contributed by atoms with Gasteiger partial charge in [-0.3, -0.25) is 0 Å². The topological polar surface area (TPSA) is 9.23 Å². The fraction of sp³-hybridized carbons (Fsp3) is 0.0769. The monoisotopic (exact) mass is 314 g/mol. The lowest BCUT2D eigenvalue weighted by Gasteiger charge is -2.08. The summed E-state index contributed by atoms with van der Waals surface area (Å²) in [7, 11) is 0. The van der Waals surface area contributed by atoms with Crippen LogP contribution in [0.4, 0.5) is 4.39 Å². The van der Waals surface area contributed by atoms with Crippen LogP contribution in [0, 0.1) is 5.82 Å². The SMILES string of the molecule is Fc1ccccc1OCc1ccc(Cl)cc1Br. The molecule has 0 aliphatic carbocycles. The molecule has 0 aliphatic heterocycles. The fourth-order valence-electron chi connectivity index (χ4n) is 1.36. The Balaban J connectivity index is 2.10. The van der Waals surface area contributed by atoms with Gasteiger partial charge < -0.3 is 4.74 Å². The predicted molar refractivity (Wildman–Crippen MR) is 69.9 cm³/mol. The number of hydrogen-bond donors (Lipinski definition) is 0. The Morgan fingerprint density at radius 2 is 1.94 bits per heavy atom. The Morgan fingerprint density at radius 3 is 2.65 bits per heavy atom. The van der Waals surface area contributed by atoms with E-state index < -0.39 is 0 Å². The van der Waals surface area contributed by atoms with E-state index in [-0.39, 0.29) is 11.6 Å². The second-order valence-corrected chi connectivity index (χ2v) is 4.75. The molecule has 2 aromatic rings. The molecule has 4 heteroatoms. The van der Waals surface area contributed by atoms with Gasteiger partial charge in [0.15, 0.2) is 11.6 Å². The first kappa shape index (κ1) is 12.4. The minimum Gasteiger partial charge on any atom is -0.486 e. The molecule has 0 aromatic heterocycles. The lowest BCUT2D eigenvalue weighted by molar-refractivity contribution is 0.289. The van der Waals surface area contributed by atoms with E-state index in [4.69, 9.17) is 16.3 Å². The molecule has 0 unspecified atom stereocenters. The van der Waals surface area contributed by atoms with Crippen molar-refractivity contribution < 1.29 is 9.13 Å².